The first-order valence-corrected chi connectivity index (χ1v) is 22.3. The zero-order chi connectivity index (χ0) is 43.4. The first-order valence-electron chi connectivity index (χ1n) is 22.3. The van der Waals surface area contributed by atoms with Gasteiger partial charge in [0.15, 0.2) is 0 Å². The fourth-order valence-electron chi connectivity index (χ4n) is 9.11. The molecule has 0 aliphatic rings. The van der Waals surface area contributed by atoms with E-state index in [1.165, 1.54) is 88.7 Å². The Kier molecular flexibility index (Phi) is 10.7. The molecule has 306 valence electrons. The summed E-state index contributed by atoms with van der Waals surface area (Å²) >= 11 is 0. The molecule has 0 spiro atoms. The maximum Gasteiger partial charge on any atom is 0.0462 e. The summed E-state index contributed by atoms with van der Waals surface area (Å²) in [5.41, 5.74) is 20.2. The van der Waals surface area contributed by atoms with Crippen LogP contribution in [0.15, 0.2) is 273 Å². The van der Waals surface area contributed by atoms with Gasteiger partial charge in [-0.15, -0.1) is 0 Å². The number of rotatable bonds is 10. The average Bonchev–Trinajstić information content (AvgIpc) is 3.40. The van der Waals surface area contributed by atoms with E-state index in [1.807, 2.05) is 0 Å². The molecule has 0 unspecified atom stereocenters. The van der Waals surface area contributed by atoms with Crippen LogP contribution in [0.5, 0.6) is 0 Å². The van der Waals surface area contributed by atoms with Crippen LogP contribution >= 0.6 is 0 Å². The molecule has 65 heavy (non-hydrogen) atoms. The van der Waals surface area contributed by atoms with Gasteiger partial charge in [0.25, 0.3) is 0 Å². The lowest BCUT2D eigenvalue weighted by molar-refractivity contribution is 1.28. The molecule has 0 N–H and O–H groups in total. The molecule has 0 bridgehead atoms. The van der Waals surface area contributed by atoms with E-state index in [1.54, 1.807) is 0 Å². The molecule has 1 nitrogen and oxygen atoms in total. The molecule has 11 aromatic rings. The summed E-state index contributed by atoms with van der Waals surface area (Å²) < 4.78 is 0. The molecule has 0 heterocycles. The van der Waals surface area contributed by atoms with Crippen molar-refractivity contribution in [3.8, 4) is 77.9 Å². The number of fused-ring (bicyclic) bond motifs is 1. The maximum atomic E-state index is 2.36. The van der Waals surface area contributed by atoms with Crippen LogP contribution in [0, 0.1) is 0 Å². The minimum Gasteiger partial charge on any atom is -0.311 e. The van der Waals surface area contributed by atoms with Gasteiger partial charge < -0.3 is 4.90 Å². The summed E-state index contributed by atoms with van der Waals surface area (Å²) in [6, 6.07) is 98.6. The molecule has 1 heteroatoms. The molecule has 0 amide bonds. The van der Waals surface area contributed by atoms with Crippen LogP contribution in [0.25, 0.3) is 88.7 Å². The van der Waals surface area contributed by atoms with Gasteiger partial charge in [0.2, 0.25) is 0 Å². The van der Waals surface area contributed by atoms with Crippen molar-refractivity contribution in [2.45, 2.75) is 0 Å². The lowest BCUT2D eigenvalue weighted by Gasteiger charge is -2.26. The van der Waals surface area contributed by atoms with Crippen molar-refractivity contribution in [3.63, 3.8) is 0 Å². The Morgan fingerprint density at radius 3 is 0.708 bits per heavy atom. The highest BCUT2D eigenvalue weighted by Crippen LogP contribution is 2.41. The van der Waals surface area contributed by atoms with Crippen molar-refractivity contribution in [2.75, 3.05) is 4.90 Å². The highest BCUT2D eigenvalue weighted by molar-refractivity contribution is 6.06. The fourth-order valence-corrected chi connectivity index (χ4v) is 9.11. The summed E-state index contributed by atoms with van der Waals surface area (Å²) in [6.45, 7) is 0. The van der Waals surface area contributed by atoms with E-state index < -0.39 is 0 Å². The third kappa shape index (κ3) is 8.16. The standard InChI is InChI=1S/C64H45N/c1-4-12-46(13-5-1)48-22-26-50(27-23-48)51-30-32-53(33-31-51)55-36-42-60(43-37-55)65(59-40-34-54(35-41-59)52-28-24-49(25-29-52)47-14-6-2-7-15-47)61-44-38-57(39-45-61)63-21-11-19-58-18-10-20-62(64(58)63)56-16-8-3-9-17-56/h1-45H. The highest BCUT2D eigenvalue weighted by atomic mass is 15.1. The van der Waals surface area contributed by atoms with Crippen molar-refractivity contribution in [1.29, 1.82) is 0 Å². The zero-order valence-corrected chi connectivity index (χ0v) is 35.9. The molecule has 0 saturated heterocycles. The van der Waals surface area contributed by atoms with Crippen molar-refractivity contribution >= 4 is 27.8 Å². The molecule has 0 radical (unpaired) electrons. The SMILES string of the molecule is c1ccc(-c2ccc(-c3ccc(-c4ccc(N(c5ccc(-c6ccc(-c7ccccc7)cc6)cc5)c5ccc(-c6cccc7cccc(-c8ccccc8)c67)cc5)cc4)cc3)cc2)cc1. The maximum absolute atomic E-state index is 2.36. The van der Waals surface area contributed by atoms with Crippen molar-refractivity contribution in [1.82, 2.24) is 0 Å². The van der Waals surface area contributed by atoms with E-state index in [2.05, 4.69) is 278 Å². The summed E-state index contributed by atoms with van der Waals surface area (Å²) in [5, 5.41) is 2.50. The van der Waals surface area contributed by atoms with Gasteiger partial charge in [-0.3, -0.25) is 0 Å². The lowest BCUT2D eigenvalue weighted by atomic mass is 9.91. The van der Waals surface area contributed by atoms with Crippen molar-refractivity contribution < 1.29 is 0 Å². The predicted molar refractivity (Wildman–Crippen MR) is 277 cm³/mol. The Balaban J connectivity index is 0.913. The quantitative estimate of drug-likeness (QED) is 0.133. The smallest absolute Gasteiger partial charge is 0.0462 e. The van der Waals surface area contributed by atoms with Crippen molar-refractivity contribution in [3.05, 3.63) is 273 Å². The molecule has 0 fully saturated rings. The third-order valence-corrected chi connectivity index (χ3v) is 12.5. The van der Waals surface area contributed by atoms with Gasteiger partial charge in [0, 0.05) is 17.1 Å². The number of hydrogen-bond acceptors (Lipinski definition) is 1. The van der Waals surface area contributed by atoms with E-state index in [9.17, 15) is 0 Å². The van der Waals surface area contributed by atoms with Crippen LogP contribution in [0.1, 0.15) is 0 Å². The van der Waals surface area contributed by atoms with E-state index in [0.29, 0.717) is 0 Å². The van der Waals surface area contributed by atoms with Crippen molar-refractivity contribution in [2.24, 2.45) is 0 Å². The number of anilines is 3. The van der Waals surface area contributed by atoms with E-state index in [0.717, 1.165) is 17.1 Å². The summed E-state index contributed by atoms with van der Waals surface area (Å²) in [5.74, 6) is 0. The van der Waals surface area contributed by atoms with Gasteiger partial charge in [0.1, 0.15) is 0 Å². The van der Waals surface area contributed by atoms with Gasteiger partial charge in [0.05, 0.1) is 0 Å². The second-order valence-electron chi connectivity index (χ2n) is 16.5. The van der Waals surface area contributed by atoms with Crippen LogP contribution < -0.4 is 4.90 Å². The number of hydrogen-bond donors (Lipinski definition) is 0. The van der Waals surface area contributed by atoms with Gasteiger partial charge in [-0.2, -0.15) is 0 Å². The monoisotopic (exact) mass is 827 g/mol. The largest absolute Gasteiger partial charge is 0.311 e. The molecule has 0 aliphatic heterocycles. The van der Waals surface area contributed by atoms with Gasteiger partial charge >= 0.3 is 0 Å². The topological polar surface area (TPSA) is 3.24 Å². The minimum absolute atomic E-state index is 1.09. The van der Waals surface area contributed by atoms with Crippen LogP contribution in [-0.2, 0) is 0 Å². The van der Waals surface area contributed by atoms with Gasteiger partial charge in [-0.25, -0.2) is 0 Å². The van der Waals surface area contributed by atoms with Crippen LogP contribution in [0.3, 0.4) is 0 Å². The minimum atomic E-state index is 1.09. The van der Waals surface area contributed by atoms with E-state index >= 15 is 0 Å². The van der Waals surface area contributed by atoms with Crippen LogP contribution in [-0.4, -0.2) is 0 Å². The van der Waals surface area contributed by atoms with Gasteiger partial charge in [-0.05, 0) is 125 Å². The Morgan fingerprint density at radius 1 is 0.169 bits per heavy atom. The fraction of sp³-hybridized carbons (Fsp3) is 0. The first-order chi connectivity index (χ1) is 32.2. The molecule has 0 aromatic heterocycles. The Morgan fingerprint density at radius 2 is 0.400 bits per heavy atom. The van der Waals surface area contributed by atoms with E-state index in [4.69, 9.17) is 0 Å². The Bertz CT molecular complexity index is 3320. The Labute approximate surface area is 381 Å². The van der Waals surface area contributed by atoms with Crippen LogP contribution in [0.4, 0.5) is 17.1 Å². The predicted octanol–water partition coefficient (Wildman–Crippen LogP) is 18.0. The van der Waals surface area contributed by atoms with Crippen LogP contribution in [0.2, 0.25) is 0 Å². The molecular formula is C64H45N. The lowest BCUT2D eigenvalue weighted by Crippen LogP contribution is -2.09. The summed E-state index contributed by atoms with van der Waals surface area (Å²) in [4.78, 5) is 2.36. The Hall–Kier alpha value is -8.52. The molecule has 0 aliphatic carbocycles. The number of benzene rings is 11. The summed E-state index contributed by atoms with van der Waals surface area (Å²) in [6.07, 6.45) is 0. The average molecular weight is 828 g/mol. The molecule has 0 atom stereocenters. The molecule has 11 aromatic carbocycles. The molecular weight excluding hydrogens is 783 g/mol. The molecule has 11 rings (SSSR count). The van der Waals surface area contributed by atoms with E-state index in [-0.39, 0.29) is 0 Å². The summed E-state index contributed by atoms with van der Waals surface area (Å²) in [7, 11) is 0. The number of nitrogens with zero attached hydrogens (tertiary/aromatic N) is 1. The second-order valence-corrected chi connectivity index (χ2v) is 16.5. The second kappa shape index (κ2) is 17.7. The molecule has 0 saturated carbocycles. The van der Waals surface area contributed by atoms with Gasteiger partial charge in [-0.1, -0.05) is 237 Å². The zero-order valence-electron chi connectivity index (χ0n) is 35.9. The first kappa shape index (κ1) is 39.3. The normalized spacial score (nSPS) is 11.1. The third-order valence-electron chi connectivity index (χ3n) is 12.5. The highest BCUT2D eigenvalue weighted by Gasteiger charge is 2.16.